The number of nitrogens with zero attached hydrogens (tertiary/aromatic N) is 2. The maximum absolute atomic E-state index is 12.1. The fraction of sp³-hybridized carbons (Fsp3) is 0.364. The number of amides is 1. The summed E-state index contributed by atoms with van der Waals surface area (Å²) in [7, 11) is 1.53. The number of rotatable bonds is 4. The van der Waals surface area contributed by atoms with Gasteiger partial charge in [-0.15, -0.1) is 11.6 Å². The third-order valence-corrected chi connectivity index (χ3v) is 2.63. The van der Waals surface area contributed by atoms with E-state index in [1.54, 1.807) is 6.92 Å². The first-order valence-corrected chi connectivity index (χ1v) is 5.98. The minimum Gasteiger partial charge on any atom is -0.340 e. The molecule has 0 aliphatic heterocycles. The molecule has 0 saturated carbocycles. The molecule has 0 N–H and O–H groups in total. The van der Waals surface area contributed by atoms with E-state index >= 15 is 0 Å². The second-order valence-corrected chi connectivity index (χ2v) is 5.07. The largest absolute Gasteiger partial charge is 0.340 e. The SMILES string of the molecule is CC(Cl)CN(C)C(=O)c1cc(Cl)ccc1[N+](=O)[O-]. The Hall–Kier alpha value is -1.33. The first-order chi connectivity index (χ1) is 8.32. The minimum atomic E-state index is -0.610. The molecule has 0 spiro atoms. The smallest absolute Gasteiger partial charge is 0.282 e. The quantitative estimate of drug-likeness (QED) is 0.486. The average molecular weight is 291 g/mol. The zero-order valence-electron chi connectivity index (χ0n) is 9.89. The van der Waals surface area contributed by atoms with Crippen LogP contribution in [0.15, 0.2) is 18.2 Å². The lowest BCUT2D eigenvalue weighted by Gasteiger charge is -2.18. The molecule has 1 rings (SSSR count). The summed E-state index contributed by atoms with van der Waals surface area (Å²) in [6.45, 7) is 2.03. The summed E-state index contributed by atoms with van der Waals surface area (Å²) in [5.41, 5.74) is -0.300. The van der Waals surface area contributed by atoms with Crippen LogP contribution in [0.5, 0.6) is 0 Å². The van der Waals surface area contributed by atoms with Gasteiger partial charge in [0.05, 0.1) is 4.92 Å². The second-order valence-electron chi connectivity index (χ2n) is 3.89. The standard InChI is InChI=1S/C11H12Cl2N2O3/c1-7(12)6-14(2)11(16)9-5-8(13)3-4-10(9)15(17)18/h3-5,7H,6H2,1-2H3. The van der Waals surface area contributed by atoms with Crippen molar-refractivity contribution in [2.75, 3.05) is 13.6 Å². The highest BCUT2D eigenvalue weighted by molar-refractivity contribution is 6.31. The Labute approximate surface area is 114 Å². The van der Waals surface area contributed by atoms with Crippen molar-refractivity contribution in [2.24, 2.45) is 0 Å². The number of carbonyl (C=O) groups excluding carboxylic acids is 1. The van der Waals surface area contributed by atoms with Gasteiger partial charge in [-0.1, -0.05) is 11.6 Å². The van der Waals surface area contributed by atoms with Crippen molar-refractivity contribution in [1.82, 2.24) is 4.90 Å². The first kappa shape index (κ1) is 14.7. The van der Waals surface area contributed by atoms with Gasteiger partial charge in [0.2, 0.25) is 0 Å². The number of nitro groups is 1. The van der Waals surface area contributed by atoms with Crippen molar-refractivity contribution in [3.05, 3.63) is 38.9 Å². The Morgan fingerprint density at radius 3 is 2.67 bits per heavy atom. The van der Waals surface area contributed by atoms with E-state index in [1.165, 1.54) is 30.1 Å². The maximum Gasteiger partial charge on any atom is 0.282 e. The number of benzene rings is 1. The normalized spacial score (nSPS) is 12.0. The van der Waals surface area contributed by atoms with Crippen LogP contribution < -0.4 is 0 Å². The van der Waals surface area contributed by atoms with E-state index in [1.807, 2.05) is 0 Å². The zero-order chi connectivity index (χ0) is 13.9. The van der Waals surface area contributed by atoms with E-state index in [4.69, 9.17) is 23.2 Å². The van der Waals surface area contributed by atoms with E-state index in [0.717, 1.165) is 0 Å². The lowest BCUT2D eigenvalue weighted by atomic mass is 10.1. The van der Waals surface area contributed by atoms with Crippen LogP contribution in [0.3, 0.4) is 0 Å². The van der Waals surface area contributed by atoms with Crippen molar-refractivity contribution >= 4 is 34.8 Å². The van der Waals surface area contributed by atoms with Crippen LogP contribution in [-0.2, 0) is 0 Å². The van der Waals surface area contributed by atoms with E-state index in [2.05, 4.69) is 0 Å². The summed E-state index contributed by atoms with van der Waals surface area (Å²) in [4.78, 5) is 23.6. The lowest BCUT2D eigenvalue weighted by Crippen LogP contribution is -2.31. The Balaban J connectivity index is 3.11. The fourth-order valence-electron chi connectivity index (χ4n) is 1.50. The van der Waals surface area contributed by atoms with Crippen LogP contribution >= 0.6 is 23.2 Å². The van der Waals surface area contributed by atoms with Gasteiger partial charge in [0, 0.05) is 30.1 Å². The molecule has 98 valence electrons. The van der Waals surface area contributed by atoms with Crippen LogP contribution in [0.4, 0.5) is 5.69 Å². The molecule has 1 aromatic rings. The van der Waals surface area contributed by atoms with Gasteiger partial charge in [-0.05, 0) is 19.1 Å². The zero-order valence-corrected chi connectivity index (χ0v) is 11.4. The Kier molecular flexibility index (Phi) is 4.93. The number of hydrogen-bond acceptors (Lipinski definition) is 3. The molecule has 5 nitrogen and oxygen atoms in total. The molecule has 0 aliphatic rings. The first-order valence-electron chi connectivity index (χ1n) is 5.16. The molecule has 18 heavy (non-hydrogen) atoms. The van der Waals surface area contributed by atoms with Crippen LogP contribution in [0.2, 0.25) is 5.02 Å². The number of alkyl halides is 1. The molecule has 1 aromatic carbocycles. The third-order valence-electron chi connectivity index (χ3n) is 2.26. The van der Waals surface area contributed by atoms with Crippen LogP contribution in [-0.4, -0.2) is 34.7 Å². The molecule has 0 aromatic heterocycles. The van der Waals surface area contributed by atoms with Gasteiger partial charge in [-0.2, -0.15) is 0 Å². The Bertz CT molecular complexity index is 477. The summed E-state index contributed by atoms with van der Waals surface area (Å²) in [6, 6.07) is 3.88. The molecule has 7 heteroatoms. The predicted molar refractivity (Wildman–Crippen MR) is 70.4 cm³/mol. The number of nitro benzene ring substituents is 1. The van der Waals surface area contributed by atoms with Gasteiger partial charge < -0.3 is 4.90 Å². The Morgan fingerprint density at radius 2 is 2.17 bits per heavy atom. The molecular formula is C11H12Cl2N2O3. The van der Waals surface area contributed by atoms with Gasteiger partial charge in [0.25, 0.3) is 11.6 Å². The van der Waals surface area contributed by atoms with E-state index in [0.29, 0.717) is 6.54 Å². The fourth-order valence-corrected chi connectivity index (χ4v) is 1.88. The average Bonchev–Trinajstić information content (AvgIpc) is 2.26. The molecule has 0 radical (unpaired) electrons. The summed E-state index contributed by atoms with van der Waals surface area (Å²) in [5, 5.41) is 10.9. The molecule has 0 aliphatic carbocycles. The molecule has 0 fully saturated rings. The summed E-state index contributed by atoms with van der Waals surface area (Å²) < 4.78 is 0. The molecule has 0 saturated heterocycles. The van der Waals surface area contributed by atoms with Crippen molar-refractivity contribution in [3.8, 4) is 0 Å². The summed E-state index contributed by atoms with van der Waals surface area (Å²) in [6.07, 6.45) is 0. The highest BCUT2D eigenvalue weighted by atomic mass is 35.5. The highest BCUT2D eigenvalue weighted by Crippen LogP contribution is 2.24. The molecular weight excluding hydrogens is 279 g/mol. The number of carbonyl (C=O) groups is 1. The van der Waals surface area contributed by atoms with Crippen LogP contribution in [0, 0.1) is 10.1 Å². The topological polar surface area (TPSA) is 63.5 Å². The number of halogens is 2. The van der Waals surface area contributed by atoms with Crippen LogP contribution in [0.25, 0.3) is 0 Å². The number of hydrogen-bond donors (Lipinski definition) is 0. The molecule has 0 heterocycles. The maximum atomic E-state index is 12.1. The van der Waals surface area contributed by atoms with Crippen molar-refractivity contribution in [3.63, 3.8) is 0 Å². The second kappa shape index (κ2) is 6.02. The van der Waals surface area contributed by atoms with Gasteiger partial charge in [0.15, 0.2) is 0 Å². The monoisotopic (exact) mass is 290 g/mol. The predicted octanol–water partition coefficient (Wildman–Crippen LogP) is 2.95. The van der Waals surface area contributed by atoms with Gasteiger partial charge in [0.1, 0.15) is 5.56 Å². The minimum absolute atomic E-state index is 0.0349. The van der Waals surface area contributed by atoms with Crippen LogP contribution in [0.1, 0.15) is 17.3 Å². The van der Waals surface area contributed by atoms with Crippen molar-refractivity contribution in [2.45, 2.75) is 12.3 Å². The van der Waals surface area contributed by atoms with Gasteiger partial charge in [-0.25, -0.2) is 0 Å². The van der Waals surface area contributed by atoms with E-state index in [9.17, 15) is 14.9 Å². The van der Waals surface area contributed by atoms with Gasteiger partial charge in [-0.3, -0.25) is 14.9 Å². The van der Waals surface area contributed by atoms with E-state index in [-0.39, 0.29) is 21.7 Å². The van der Waals surface area contributed by atoms with Gasteiger partial charge >= 0.3 is 0 Å². The van der Waals surface area contributed by atoms with Crippen molar-refractivity contribution in [1.29, 1.82) is 0 Å². The van der Waals surface area contributed by atoms with Crippen molar-refractivity contribution < 1.29 is 9.72 Å². The Morgan fingerprint density at radius 1 is 1.56 bits per heavy atom. The highest BCUT2D eigenvalue weighted by Gasteiger charge is 2.23. The lowest BCUT2D eigenvalue weighted by molar-refractivity contribution is -0.385. The molecule has 1 atom stereocenters. The van der Waals surface area contributed by atoms with E-state index < -0.39 is 10.8 Å². The molecule has 1 amide bonds. The summed E-state index contributed by atoms with van der Waals surface area (Å²) >= 11 is 11.5. The molecule has 1 unspecified atom stereocenters. The molecule has 0 bridgehead atoms. The third kappa shape index (κ3) is 3.58. The summed E-state index contributed by atoms with van der Waals surface area (Å²) in [5.74, 6) is -0.475.